The minimum atomic E-state index is -0.648. The van der Waals surface area contributed by atoms with Gasteiger partial charge in [-0.15, -0.1) is 0 Å². The van der Waals surface area contributed by atoms with Gasteiger partial charge in [-0.25, -0.2) is 9.34 Å². The Labute approximate surface area is 115 Å². The van der Waals surface area contributed by atoms with Gasteiger partial charge in [-0.1, -0.05) is 0 Å². The minimum absolute atomic E-state index is 0.157. The summed E-state index contributed by atoms with van der Waals surface area (Å²) in [6, 6.07) is 0.598. The molecule has 0 aliphatic carbocycles. The number of rotatable bonds is 2. The van der Waals surface area contributed by atoms with Crippen molar-refractivity contribution in [3.8, 4) is 0 Å². The third-order valence-electron chi connectivity index (χ3n) is 3.27. The van der Waals surface area contributed by atoms with Crippen LogP contribution < -0.4 is 0 Å². The largest absolute Gasteiger partial charge is 0.332 e. The predicted molar refractivity (Wildman–Crippen MR) is 80.7 cm³/mol. The SMILES string of the molecule is CCO[P@]1N(C(C)(C)C)CC[C@H](C)N1C(C)(C)C. The molecule has 1 fully saturated rings. The summed E-state index contributed by atoms with van der Waals surface area (Å²) in [4.78, 5) is 0. The third-order valence-corrected chi connectivity index (χ3v) is 6.34. The molecule has 3 nitrogen and oxygen atoms in total. The van der Waals surface area contributed by atoms with E-state index in [0.29, 0.717) is 6.04 Å². The van der Waals surface area contributed by atoms with Crippen molar-refractivity contribution in [3.05, 3.63) is 0 Å². The molecule has 1 aliphatic heterocycles. The molecule has 1 heterocycles. The van der Waals surface area contributed by atoms with Gasteiger partial charge in [0.05, 0.1) is 6.61 Å². The van der Waals surface area contributed by atoms with Crippen LogP contribution in [0.1, 0.15) is 61.8 Å². The highest BCUT2D eigenvalue weighted by atomic mass is 31.2. The number of hydrogen-bond donors (Lipinski definition) is 0. The Morgan fingerprint density at radius 2 is 1.67 bits per heavy atom. The van der Waals surface area contributed by atoms with Crippen molar-refractivity contribution in [3.63, 3.8) is 0 Å². The summed E-state index contributed by atoms with van der Waals surface area (Å²) in [5, 5.41) is 0. The normalized spacial score (nSPS) is 28.7. The van der Waals surface area contributed by atoms with Gasteiger partial charge in [0.2, 0.25) is 0 Å². The Kier molecular flexibility index (Phi) is 5.22. The lowest BCUT2D eigenvalue weighted by Crippen LogP contribution is -2.54. The van der Waals surface area contributed by atoms with Crippen LogP contribution in [0.3, 0.4) is 0 Å². The quantitative estimate of drug-likeness (QED) is 0.700. The first kappa shape index (κ1) is 16.4. The van der Waals surface area contributed by atoms with Crippen LogP contribution in [0.25, 0.3) is 0 Å². The monoisotopic (exact) mass is 274 g/mol. The van der Waals surface area contributed by atoms with Crippen LogP contribution in [-0.2, 0) is 4.52 Å². The molecule has 1 aliphatic rings. The maximum Gasteiger partial charge on any atom is 0.189 e. The van der Waals surface area contributed by atoms with E-state index in [9.17, 15) is 0 Å². The zero-order valence-corrected chi connectivity index (χ0v) is 14.3. The van der Waals surface area contributed by atoms with E-state index in [2.05, 4.69) is 64.7 Å². The van der Waals surface area contributed by atoms with Gasteiger partial charge in [-0.2, -0.15) is 0 Å². The lowest BCUT2D eigenvalue weighted by Gasteiger charge is -2.54. The molecule has 0 bridgehead atoms. The highest BCUT2D eigenvalue weighted by Crippen LogP contribution is 2.56. The van der Waals surface area contributed by atoms with E-state index in [4.69, 9.17) is 4.52 Å². The third kappa shape index (κ3) is 3.66. The smallest absolute Gasteiger partial charge is 0.189 e. The first-order chi connectivity index (χ1) is 8.09. The second kappa shape index (κ2) is 5.75. The van der Waals surface area contributed by atoms with Crippen molar-refractivity contribution in [2.45, 2.75) is 78.9 Å². The lowest BCUT2D eigenvalue weighted by atomic mass is 10.0. The maximum atomic E-state index is 6.15. The van der Waals surface area contributed by atoms with Gasteiger partial charge >= 0.3 is 0 Å². The van der Waals surface area contributed by atoms with Crippen LogP contribution >= 0.6 is 8.45 Å². The molecule has 0 aromatic rings. The maximum absolute atomic E-state index is 6.15. The molecule has 4 heteroatoms. The Morgan fingerprint density at radius 1 is 1.11 bits per heavy atom. The molecule has 1 rings (SSSR count). The van der Waals surface area contributed by atoms with Gasteiger partial charge in [-0.05, 0) is 61.8 Å². The van der Waals surface area contributed by atoms with E-state index in [-0.39, 0.29) is 11.1 Å². The molecule has 1 saturated heterocycles. The van der Waals surface area contributed by atoms with Crippen molar-refractivity contribution in [1.82, 2.24) is 9.34 Å². The van der Waals surface area contributed by atoms with Crippen molar-refractivity contribution in [2.75, 3.05) is 13.2 Å². The first-order valence-corrected chi connectivity index (χ1v) is 8.25. The molecule has 0 radical (unpaired) electrons. The van der Waals surface area contributed by atoms with E-state index < -0.39 is 8.45 Å². The van der Waals surface area contributed by atoms with Gasteiger partial charge in [0, 0.05) is 23.7 Å². The molecule has 0 saturated carbocycles. The van der Waals surface area contributed by atoms with Crippen molar-refractivity contribution in [2.24, 2.45) is 0 Å². The standard InChI is InChI=1S/C14H31N2OP/c1-9-17-18-15(13(3,4)5)11-10-12(2)16(18)14(6,7)8/h12H,9-11H2,1-8H3/t12-,18+/m0/s1. The fourth-order valence-electron chi connectivity index (χ4n) is 2.56. The van der Waals surface area contributed by atoms with Crippen LogP contribution in [0.4, 0.5) is 0 Å². The summed E-state index contributed by atoms with van der Waals surface area (Å²) < 4.78 is 11.3. The van der Waals surface area contributed by atoms with Crippen LogP contribution in [0.15, 0.2) is 0 Å². The average molecular weight is 274 g/mol. The fraction of sp³-hybridized carbons (Fsp3) is 1.00. The number of nitrogens with zero attached hydrogens (tertiary/aromatic N) is 2. The van der Waals surface area contributed by atoms with Crippen LogP contribution in [0.2, 0.25) is 0 Å². The summed E-state index contributed by atoms with van der Waals surface area (Å²) in [6.07, 6.45) is 1.22. The zero-order chi connectivity index (χ0) is 14.1. The van der Waals surface area contributed by atoms with Crippen LogP contribution in [0.5, 0.6) is 0 Å². The van der Waals surface area contributed by atoms with Gasteiger partial charge in [-0.3, -0.25) is 0 Å². The van der Waals surface area contributed by atoms with Gasteiger partial charge < -0.3 is 4.52 Å². The Hall–Kier alpha value is 0.310. The second-order valence-electron chi connectivity index (χ2n) is 7.12. The molecule has 0 aromatic heterocycles. The van der Waals surface area contributed by atoms with E-state index in [0.717, 1.165) is 13.2 Å². The van der Waals surface area contributed by atoms with Crippen LogP contribution in [0, 0.1) is 0 Å². The Bertz CT molecular complexity index is 270. The van der Waals surface area contributed by atoms with Gasteiger partial charge in [0.1, 0.15) is 0 Å². The summed E-state index contributed by atoms with van der Waals surface area (Å²) in [6.45, 7) is 20.1. The summed E-state index contributed by atoms with van der Waals surface area (Å²) in [5.41, 5.74) is 0.328. The predicted octanol–water partition coefficient (Wildman–Crippen LogP) is 4.24. The molecular weight excluding hydrogens is 243 g/mol. The van der Waals surface area contributed by atoms with E-state index in [1.165, 1.54) is 6.42 Å². The summed E-state index contributed by atoms with van der Waals surface area (Å²) in [5.74, 6) is 0. The molecule has 18 heavy (non-hydrogen) atoms. The topological polar surface area (TPSA) is 15.7 Å². The molecule has 0 unspecified atom stereocenters. The average Bonchev–Trinajstić information content (AvgIpc) is 2.13. The Balaban J connectivity index is 3.04. The van der Waals surface area contributed by atoms with E-state index in [1.807, 2.05) is 0 Å². The molecule has 2 atom stereocenters. The van der Waals surface area contributed by atoms with Crippen LogP contribution in [-0.4, -0.2) is 39.6 Å². The molecular formula is C14H31N2OP. The Morgan fingerprint density at radius 3 is 2.06 bits per heavy atom. The second-order valence-corrected chi connectivity index (χ2v) is 8.80. The molecule has 0 spiro atoms. The first-order valence-electron chi connectivity index (χ1n) is 7.09. The minimum Gasteiger partial charge on any atom is -0.332 e. The zero-order valence-electron chi connectivity index (χ0n) is 13.4. The van der Waals surface area contributed by atoms with Crippen molar-refractivity contribution in [1.29, 1.82) is 0 Å². The molecule has 0 aromatic carbocycles. The number of hydrogen-bond acceptors (Lipinski definition) is 3. The van der Waals surface area contributed by atoms with Crippen molar-refractivity contribution < 1.29 is 4.52 Å². The van der Waals surface area contributed by atoms with Gasteiger partial charge in [0.25, 0.3) is 0 Å². The van der Waals surface area contributed by atoms with E-state index >= 15 is 0 Å². The summed E-state index contributed by atoms with van der Waals surface area (Å²) in [7, 11) is -0.648. The van der Waals surface area contributed by atoms with Crippen molar-refractivity contribution >= 4 is 8.45 Å². The van der Waals surface area contributed by atoms with E-state index in [1.54, 1.807) is 0 Å². The molecule has 0 amide bonds. The molecule has 0 N–H and O–H groups in total. The highest BCUT2D eigenvalue weighted by molar-refractivity contribution is 7.47. The fourth-order valence-corrected chi connectivity index (χ4v) is 5.05. The molecule has 108 valence electrons. The highest BCUT2D eigenvalue weighted by Gasteiger charge is 2.44. The lowest BCUT2D eigenvalue weighted by molar-refractivity contribution is 0.0931. The van der Waals surface area contributed by atoms with Gasteiger partial charge in [0.15, 0.2) is 8.45 Å². The summed E-state index contributed by atoms with van der Waals surface area (Å²) >= 11 is 0.